The quantitative estimate of drug-likeness (QED) is 0.841. The minimum absolute atomic E-state index is 0.110. The fourth-order valence-electron chi connectivity index (χ4n) is 4.16. The van der Waals surface area contributed by atoms with Gasteiger partial charge in [0.25, 0.3) is 0 Å². The lowest BCUT2D eigenvalue weighted by molar-refractivity contribution is -0.122. The first kappa shape index (κ1) is 17.1. The van der Waals surface area contributed by atoms with Gasteiger partial charge in [0.15, 0.2) is 0 Å². The van der Waals surface area contributed by atoms with E-state index < -0.39 is 0 Å². The van der Waals surface area contributed by atoms with Gasteiger partial charge in [-0.3, -0.25) is 4.79 Å². The van der Waals surface area contributed by atoms with Gasteiger partial charge in [-0.25, -0.2) is 0 Å². The van der Waals surface area contributed by atoms with Crippen LogP contribution in [0.15, 0.2) is 18.2 Å². The van der Waals surface area contributed by atoms with Crippen LogP contribution < -0.4 is 20.1 Å². The molecule has 0 saturated carbocycles. The molecule has 2 heterocycles. The Hall–Kier alpha value is -1.75. The smallest absolute Gasteiger partial charge is 0.220 e. The summed E-state index contributed by atoms with van der Waals surface area (Å²) >= 11 is 0. The van der Waals surface area contributed by atoms with Gasteiger partial charge in [0.05, 0.1) is 20.3 Å². The molecule has 24 heavy (non-hydrogen) atoms. The van der Waals surface area contributed by atoms with E-state index in [1.807, 2.05) is 25.1 Å². The molecule has 3 rings (SSSR count). The number of amides is 1. The van der Waals surface area contributed by atoms with Crippen LogP contribution >= 0.6 is 0 Å². The topological polar surface area (TPSA) is 59.6 Å². The number of hydrogen-bond acceptors (Lipinski definition) is 4. The van der Waals surface area contributed by atoms with E-state index in [1.54, 1.807) is 14.2 Å². The third-order valence-corrected chi connectivity index (χ3v) is 5.33. The van der Waals surface area contributed by atoms with Gasteiger partial charge >= 0.3 is 0 Å². The Balaban J connectivity index is 1.59. The zero-order chi connectivity index (χ0) is 17.1. The maximum absolute atomic E-state index is 12.5. The summed E-state index contributed by atoms with van der Waals surface area (Å²) in [5.74, 6) is 2.16. The highest BCUT2D eigenvalue weighted by Crippen LogP contribution is 2.33. The Bertz CT molecular complexity index is 578. The van der Waals surface area contributed by atoms with E-state index in [-0.39, 0.29) is 11.9 Å². The van der Waals surface area contributed by atoms with Crippen LogP contribution in [0.2, 0.25) is 0 Å². The van der Waals surface area contributed by atoms with Crippen LogP contribution in [-0.4, -0.2) is 32.2 Å². The summed E-state index contributed by atoms with van der Waals surface area (Å²) in [4.78, 5) is 12.5. The van der Waals surface area contributed by atoms with Crippen molar-refractivity contribution in [3.8, 4) is 11.5 Å². The molecule has 2 saturated heterocycles. The van der Waals surface area contributed by atoms with Crippen molar-refractivity contribution in [2.24, 2.45) is 5.92 Å². The number of ether oxygens (including phenoxy) is 2. The Morgan fingerprint density at radius 2 is 1.96 bits per heavy atom. The first-order valence-corrected chi connectivity index (χ1v) is 8.86. The molecule has 2 aliphatic rings. The lowest BCUT2D eigenvalue weighted by atomic mass is 9.89. The molecule has 0 radical (unpaired) electrons. The van der Waals surface area contributed by atoms with Gasteiger partial charge in [-0.15, -0.1) is 0 Å². The summed E-state index contributed by atoms with van der Waals surface area (Å²) in [6, 6.07) is 6.80. The van der Waals surface area contributed by atoms with Crippen LogP contribution in [0.4, 0.5) is 0 Å². The van der Waals surface area contributed by atoms with Crippen LogP contribution in [-0.2, 0) is 4.79 Å². The molecular weight excluding hydrogens is 304 g/mol. The molecule has 1 aromatic rings. The molecule has 2 aliphatic heterocycles. The molecular formula is C19H28N2O3. The Morgan fingerprint density at radius 3 is 2.58 bits per heavy atom. The van der Waals surface area contributed by atoms with E-state index in [2.05, 4.69) is 10.6 Å². The van der Waals surface area contributed by atoms with Crippen molar-refractivity contribution < 1.29 is 14.3 Å². The first-order chi connectivity index (χ1) is 11.6. The predicted octanol–water partition coefficient (Wildman–Crippen LogP) is 2.80. The van der Waals surface area contributed by atoms with Crippen molar-refractivity contribution in [3.63, 3.8) is 0 Å². The summed E-state index contributed by atoms with van der Waals surface area (Å²) in [6.45, 7) is 1.99. The van der Waals surface area contributed by atoms with E-state index >= 15 is 0 Å². The minimum Gasteiger partial charge on any atom is -0.497 e. The molecule has 3 atom stereocenters. The molecule has 2 N–H and O–H groups in total. The highest BCUT2D eigenvalue weighted by molar-refractivity contribution is 5.76. The number of methoxy groups -OCH3 is 2. The van der Waals surface area contributed by atoms with Crippen molar-refractivity contribution in [2.75, 3.05) is 14.2 Å². The van der Waals surface area contributed by atoms with Gasteiger partial charge in [0.2, 0.25) is 5.91 Å². The molecule has 5 heteroatoms. The predicted molar refractivity (Wildman–Crippen MR) is 93.4 cm³/mol. The average molecular weight is 332 g/mol. The van der Waals surface area contributed by atoms with Gasteiger partial charge in [-0.1, -0.05) is 0 Å². The van der Waals surface area contributed by atoms with Crippen LogP contribution in [0.3, 0.4) is 0 Å². The van der Waals surface area contributed by atoms with E-state index in [1.165, 1.54) is 12.8 Å². The van der Waals surface area contributed by atoms with Crippen molar-refractivity contribution in [1.29, 1.82) is 0 Å². The number of carbonyl (C=O) groups excluding carboxylic acids is 1. The molecule has 0 aliphatic carbocycles. The van der Waals surface area contributed by atoms with Crippen molar-refractivity contribution in [1.82, 2.24) is 10.6 Å². The van der Waals surface area contributed by atoms with E-state index in [4.69, 9.17) is 9.47 Å². The fourth-order valence-corrected chi connectivity index (χ4v) is 4.16. The van der Waals surface area contributed by atoms with E-state index in [0.29, 0.717) is 24.4 Å². The second kappa shape index (κ2) is 7.43. The number of rotatable bonds is 6. The van der Waals surface area contributed by atoms with Crippen LogP contribution in [0.25, 0.3) is 0 Å². The molecule has 2 bridgehead atoms. The maximum Gasteiger partial charge on any atom is 0.220 e. The lowest BCUT2D eigenvalue weighted by Crippen LogP contribution is -2.40. The Kier molecular flexibility index (Phi) is 5.29. The van der Waals surface area contributed by atoms with E-state index in [9.17, 15) is 4.79 Å². The van der Waals surface area contributed by atoms with E-state index in [0.717, 1.165) is 29.9 Å². The fraction of sp³-hybridized carbons (Fsp3) is 0.632. The van der Waals surface area contributed by atoms with Gasteiger partial charge in [0.1, 0.15) is 11.5 Å². The third kappa shape index (κ3) is 3.83. The second-order valence-electron chi connectivity index (χ2n) is 7.08. The molecule has 5 nitrogen and oxygen atoms in total. The van der Waals surface area contributed by atoms with Gasteiger partial charge < -0.3 is 20.1 Å². The highest BCUT2D eigenvalue weighted by Gasteiger charge is 2.34. The second-order valence-corrected chi connectivity index (χ2v) is 7.08. The summed E-state index contributed by atoms with van der Waals surface area (Å²) in [6.07, 6.45) is 5.40. The number of benzene rings is 1. The lowest BCUT2D eigenvalue weighted by Gasteiger charge is -2.29. The summed E-state index contributed by atoms with van der Waals surface area (Å²) in [5.41, 5.74) is 0.940. The number of fused-ring (bicyclic) bond motifs is 2. The Morgan fingerprint density at radius 1 is 1.25 bits per heavy atom. The number of nitrogens with one attached hydrogen (secondary N) is 2. The first-order valence-electron chi connectivity index (χ1n) is 8.86. The number of hydrogen-bond donors (Lipinski definition) is 2. The average Bonchev–Trinajstić information content (AvgIpc) is 2.92. The zero-order valence-electron chi connectivity index (χ0n) is 14.8. The highest BCUT2D eigenvalue weighted by atomic mass is 16.5. The largest absolute Gasteiger partial charge is 0.497 e. The van der Waals surface area contributed by atoms with Crippen LogP contribution in [0.5, 0.6) is 11.5 Å². The number of piperidine rings is 1. The van der Waals surface area contributed by atoms with Crippen molar-refractivity contribution in [3.05, 3.63) is 23.8 Å². The van der Waals surface area contributed by atoms with Gasteiger partial charge in [0, 0.05) is 24.1 Å². The Labute approximate surface area is 144 Å². The third-order valence-electron chi connectivity index (χ3n) is 5.33. The molecule has 0 spiro atoms. The maximum atomic E-state index is 12.5. The molecule has 132 valence electrons. The van der Waals surface area contributed by atoms with Crippen LogP contribution in [0, 0.1) is 5.92 Å². The zero-order valence-corrected chi connectivity index (χ0v) is 14.8. The molecule has 2 fully saturated rings. The van der Waals surface area contributed by atoms with Gasteiger partial charge in [-0.05, 0) is 56.7 Å². The summed E-state index contributed by atoms with van der Waals surface area (Å²) in [5, 5.41) is 6.75. The molecule has 3 unspecified atom stereocenters. The van der Waals surface area contributed by atoms with Crippen molar-refractivity contribution in [2.45, 2.75) is 57.2 Å². The molecule has 0 aromatic heterocycles. The van der Waals surface area contributed by atoms with Crippen molar-refractivity contribution >= 4 is 5.91 Å². The van der Waals surface area contributed by atoms with Crippen LogP contribution in [0.1, 0.15) is 50.6 Å². The summed E-state index contributed by atoms with van der Waals surface area (Å²) < 4.78 is 10.7. The molecule has 1 amide bonds. The standard InChI is InChI=1S/C19H28N2O3/c1-12(17-11-16(23-2)6-7-18(17)24-3)20-19(22)10-13-8-14-4-5-15(9-13)21-14/h6-7,11-15,21H,4-5,8-10H2,1-3H3,(H,20,22). The number of carbonyl (C=O) groups is 1. The van der Waals surface area contributed by atoms with Gasteiger partial charge in [-0.2, -0.15) is 0 Å². The molecule has 1 aromatic carbocycles. The minimum atomic E-state index is -0.110. The SMILES string of the molecule is COc1ccc(OC)c(C(C)NC(=O)CC2CC3CCC(C2)N3)c1. The summed E-state index contributed by atoms with van der Waals surface area (Å²) in [7, 11) is 3.28. The monoisotopic (exact) mass is 332 g/mol. The normalized spacial score (nSPS) is 26.7.